The first-order valence-electron chi connectivity index (χ1n) is 6.70. The average Bonchev–Trinajstić information content (AvgIpc) is 3.25. The molecule has 22 heavy (non-hydrogen) atoms. The Bertz CT molecular complexity index is 817. The van der Waals surface area contributed by atoms with Crippen LogP contribution in [0.5, 0.6) is 0 Å². The Morgan fingerprint density at radius 1 is 1.05 bits per heavy atom. The first-order valence-corrected chi connectivity index (χ1v) is 8.62. The molecule has 1 aliphatic rings. The summed E-state index contributed by atoms with van der Waals surface area (Å²) in [6, 6.07) is 14.7. The monoisotopic (exact) mass is 336 g/mol. The molecular formula is C16H13ClO4S. The van der Waals surface area contributed by atoms with Crippen LogP contribution in [-0.2, 0) is 14.6 Å². The van der Waals surface area contributed by atoms with Gasteiger partial charge in [-0.15, -0.1) is 0 Å². The summed E-state index contributed by atoms with van der Waals surface area (Å²) in [6.45, 7) is 0. The van der Waals surface area contributed by atoms with Crippen LogP contribution in [0.1, 0.15) is 11.5 Å². The fraction of sp³-hybridized carbons (Fsp3) is 0.188. The average molecular weight is 337 g/mol. The van der Waals surface area contributed by atoms with Crippen LogP contribution < -0.4 is 0 Å². The van der Waals surface area contributed by atoms with Crippen LogP contribution in [0.25, 0.3) is 0 Å². The molecule has 0 spiro atoms. The molecule has 3 rings (SSSR count). The summed E-state index contributed by atoms with van der Waals surface area (Å²) in [5.74, 6) is -2.61. The van der Waals surface area contributed by atoms with Gasteiger partial charge < -0.3 is 5.11 Å². The van der Waals surface area contributed by atoms with Crippen molar-refractivity contribution in [2.45, 2.75) is 16.1 Å². The second-order valence-corrected chi connectivity index (χ2v) is 7.81. The number of halogens is 1. The van der Waals surface area contributed by atoms with Crippen molar-refractivity contribution in [3.8, 4) is 0 Å². The van der Waals surface area contributed by atoms with Gasteiger partial charge in [0.05, 0.1) is 16.1 Å². The van der Waals surface area contributed by atoms with Crippen molar-refractivity contribution in [2.24, 2.45) is 5.92 Å². The molecule has 0 unspecified atom stereocenters. The maximum atomic E-state index is 12.7. The summed E-state index contributed by atoms with van der Waals surface area (Å²) in [6.07, 6.45) is 0. The lowest BCUT2D eigenvalue weighted by molar-refractivity contribution is -0.138. The molecule has 6 heteroatoms. The Kier molecular flexibility index (Phi) is 3.70. The van der Waals surface area contributed by atoms with Gasteiger partial charge >= 0.3 is 5.97 Å². The first-order chi connectivity index (χ1) is 10.4. The van der Waals surface area contributed by atoms with E-state index in [0.29, 0.717) is 10.6 Å². The second kappa shape index (κ2) is 5.41. The molecule has 0 bridgehead atoms. The van der Waals surface area contributed by atoms with Gasteiger partial charge in [0.15, 0.2) is 9.84 Å². The van der Waals surface area contributed by atoms with E-state index < -0.39 is 32.9 Å². The zero-order chi connectivity index (χ0) is 15.9. The Balaban J connectivity index is 2.01. The molecule has 1 aliphatic carbocycles. The minimum Gasteiger partial charge on any atom is -0.481 e. The number of carbonyl (C=O) groups is 1. The van der Waals surface area contributed by atoms with E-state index >= 15 is 0 Å². The highest BCUT2D eigenvalue weighted by molar-refractivity contribution is 7.92. The van der Waals surface area contributed by atoms with Crippen LogP contribution in [0.3, 0.4) is 0 Å². The first kappa shape index (κ1) is 15.1. The highest BCUT2D eigenvalue weighted by atomic mass is 35.5. The highest BCUT2D eigenvalue weighted by Crippen LogP contribution is 2.54. The minimum absolute atomic E-state index is 0.149. The van der Waals surface area contributed by atoms with Gasteiger partial charge in [0.25, 0.3) is 0 Å². The Morgan fingerprint density at radius 2 is 1.73 bits per heavy atom. The summed E-state index contributed by atoms with van der Waals surface area (Å²) in [7, 11) is -3.69. The van der Waals surface area contributed by atoms with Crippen LogP contribution in [0, 0.1) is 5.92 Å². The number of sulfone groups is 1. The molecule has 0 aromatic heterocycles. The molecule has 0 radical (unpaired) electrons. The van der Waals surface area contributed by atoms with Crippen molar-refractivity contribution in [2.75, 3.05) is 0 Å². The van der Waals surface area contributed by atoms with E-state index in [4.69, 9.17) is 11.6 Å². The molecule has 0 amide bonds. The predicted molar refractivity (Wildman–Crippen MR) is 82.7 cm³/mol. The summed E-state index contributed by atoms with van der Waals surface area (Å²) in [4.78, 5) is 11.6. The maximum absolute atomic E-state index is 12.7. The molecule has 1 fully saturated rings. The van der Waals surface area contributed by atoms with Gasteiger partial charge in [-0.1, -0.05) is 41.9 Å². The van der Waals surface area contributed by atoms with E-state index in [0.717, 1.165) is 0 Å². The maximum Gasteiger partial charge on any atom is 0.308 e. The summed E-state index contributed by atoms with van der Waals surface area (Å²) < 4.78 is 25.4. The Labute approximate surface area is 133 Å². The van der Waals surface area contributed by atoms with E-state index in [-0.39, 0.29) is 4.90 Å². The van der Waals surface area contributed by atoms with Crippen molar-refractivity contribution in [3.63, 3.8) is 0 Å². The molecule has 0 heterocycles. The number of carboxylic acids is 1. The van der Waals surface area contributed by atoms with E-state index in [1.165, 1.54) is 12.1 Å². The molecule has 0 saturated heterocycles. The van der Waals surface area contributed by atoms with Gasteiger partial charge in [-0.2, -0.15) is 0 Å². The van der Waals surface area contributed by atoms with Gasteiger partial charge in [0.1, 0.15) is 0 Å². The number of carboxylic acid groups (broad SMARTS) is 1. The molecule has 0 aliphatic heterocycles. The lowest BCUT2D eigenvalue weighted by atomic mass is 10.1. The van der Waals surface area contributed by atoms with E-state index in [9.17, 15) is 18.3 Å². The Morgan fingerprint density at radius 3 is 2.32 bits per heavy atom. The molecule has 1 N–H and O–H groups in total. The van der Waals surface area contributed by atoms with Crippen LogP contribution in [0.2, 0.25) is 5.02 Å². The molecule has 1 saturated carbocycles. The van der Waals surface area contributed by atoms with Gasteiger partial charge in [-0.05, 0) is 29.8 Å². The number of hydrogen-bond donors (Lipinski definition) is 1. The molecule has 2 aromatic rings. The third-order valence-corrected chi connectivity index (χ3v) is 6.37. The quantitative estimate of drug-likeness (QED) is 0.931. The van der Waals surface area contributed by atoms with E-state index in [2.05, 4.69) is 0 Å². The van der Waals surface area contributed by atoms with Crippen LogP contribution in [0.4, 0.5) is 0 Å². The topological polar surface area (TPSA) is 71.4 Å². The normalized spacial score (nSPS) is 24.0. The molecule has 3 atom stereocenters. The third kappa shape index (κ3) is 2.51. The molecule has 114 valence electrons. The predicted octanol–water partition coefficient (Wildman–Crippen LogP) is 2.98. The van der Waals surface area contributed by atoms with Gasteiger partial charge in [0.2, 0.25) is 0 Å². The SMILES string of the molecule is O=C(O)[C@H]1[C@H](c2cccc(Cl)c2)[C@@H]1S(=O)(=O)c1ccccc1. The van der Waals surface area contributed by atoms with Gasteiger partial charge in [0, 0.05) is 10.9 Å². The highest BCUT2D eigenvalue weighted by Gasteiger charge is 2.63. The van der Waals surface area contributed by atoms with Crippen LogP contribution >= 0.6 is 11.6 Å². The zero-order valence-corrected chi connectivity index (χ0v) is 13.0. The summed E-state index contributed by atoms with van der Waals surface area (Å²) in [5.41, 5.74) is 0.643. The van der Waals surface area contributed by atoms with Crippen LogP contribution in [-0.4, -0.2) is 24.7 Å². The smallest absolute Gasteiger partial charge is 0.308 e. The summed E-state index contributed by atoms with van der Waals surface area (Å²) in [5, 5.41) is 8.85. The molecule has 4 nitrogen and oxygen atoms in total. The molecule has 2 aromatic carbocycles. The van der Waals surface area contributed by atoms with Crippen molar-refractivity contribution in [3.05, 3.63) is 65.2 Å². The zero-order valence-electron chi connectivity index (χ0n) is 11.4. The standard InChI is InChI=1S/C16H13ClO4S/c17-11-6-4-5-10(9-11)13-14(16(18)19)15(13)22(20,21)12-7-2-1-3-8-12/h1-9,13-15H,(H,18,19)/t13-,14-,15-/m0/s1. The third-order valence-electron chi connectivity index (χ3n) is 3.90. The largest absolute Gasteiger partial charge is 0.481 e. The number of rotatable bonds is 4. The van der Waals surface area contributed by atoms with E-state index in [1.807, 2.05) is 0 Å². The van der Waals surface area contributed by atoms with Gasteiger partial charge in [-0.3, -0.25) is 4.79 Å². The number of benzene rings is 2. The van der Waals surface area contributed by atoms with Crippen molar-refractivity contribution in [1.29, 1.82) is 0 Å². The van der Waals surface area contributed by atoms with Crippen molar-refractivity contribution in [1.82, 2.24) is 0 Å². The molecular weight excluding hydrogens is 324 g/mol. The van der Waals surface area contributed by atoms with Crippen molar-refractivity contribution >= 4 is 27.4 Å². The van der Waals surface area contributed by atoms with Crippen molar-refractivity contribution < 1.29 is 18.3 Å². The fourth-order valence-corrected chi connectivity index (χ4v) is 5.18. The lowest BCUT2D eigenvalue weighted by Gasteiger charge is -2.04. The van der Waals surface area contributed by atoms with Crippen LogP contribution in [0.15, 0.2) is 59.5 Å². The lowest BCUT2D eigenvalue weighted by Crippen LogP contribution is -2.13. The number of aliphatic carboxylic acids is 1. The minimum atomic E-state index is -3.69. The van der Waals surface area contributed by atoms with E-state index in [1.54, 1.807) is 42.5 Å². The second-order valence-electron chi connectivity index (χ2n) is 5.27. The number of hydrogen-bond acceptors (Lipinski definition) is 3. The summed E-state index contributed by atoms with van der Waals surface area (Å²) >= 11 is 5.93. The Hall–Kier alpha value is -1.85. The van der Waals surface area contributed by atoms with Gasteiger partial charge in [-0.25, -0.2) is 8.42 Å². The fourth-order valence-electron chi connectivity index (χ4n) is 2.84.